The summed E-state index contributed by atoms with van der Waals surface area (Å²) >= 11 is 0. The van der Waals surface area contributed by atoms with Crippen LogP contribution in [0.25, 0.3) is 0 Å². The highest BCUT2D eigenvalue weighted by Gasteiger charge is 2.22. The van der Waals surface area contributed by atoms with Crippen molar-refractivity contribution in [2.24, 2.45) is 0 Å². The van der Waals surface area contributed by atoms with E-state index in [1.54, 1.807) is 7.11 Å². The molecule has 0 aromatic heterocycles. The van der Waals surface area contributed by atoms with Crippen LogP contribution in [0.1, 0.15) is 25.7 Å². The number of rotatable bonds is 7. The second kappa shape index (κ2) is 7.82. The average Bonchev–Trinajstić information content (AvgIpc) is 3.22. The van der Waals surface area contributed by atoms with Gasteiger partial charge < -0.3 is 15.0 Å². The molecule has 5 heteroatoms. The molecule has 5 nitrogen and oxygen atoms in total. The lowest BCUT2D eigenvalue weighted by Gasteiger charge is -2.22. The summed E-state index contributed by atoms with van der Waals surface area (Å²) in [6, 6.07) is 0.696. The summed E-state index contributed by atoms with van der Waals surface area (Å²) in [6.07, 6.45) is 4.29. The zero-order valence-corrected chi connectivity index (χ0v) is 12.1. The molecule has 0 bridgehead atoms. The number of hydrogen-bond acceptors (Lipinski definition) is 4. The second-order valence-electron chi connectivity index (χ2n) is 5.55. The summed E-state index contributed by atoms with van der Waals surface area (Å²) in [6.45, 7) is 6.42. The van der Waals surface area contributed by atoms with Crippen LogP contribution in [0.2, 0.25) is 0 Å². The summed E-state index contributed by atoms with van der Waals surface area (Å²) in [5.41, 5.74) is 0. The Morgan fingerprint density at radius 2 is 2.11 bits per heavy atom. The minimum atomic E-state index is 0.307. The Kier molecular flexibility index (Phi) is 6.07. The van der Waals surface area contributed by atoms with E-state index in [0.717, 1.165) is 52.3 Å². The molecule has 0 radical (unpaired) electrons. The predicted octanol–water partition coefficient (Wildman–Crippen LogP) is 0.309. The van der Waals surface area contributed by atoms with Crippen molar-refractivity contribution in [2.45, 2.75) is 31.7 Å². The van der Waals surface area contributed by atoms with E-state index in [4.69, 9.17) is 4.74 Å². The lowest BCUT2D eigenvalue weighted by molar-refractivity contribution is -0.130. The third-order valence-electron chi connectivity index (χ3n) is 3.90. The van der Waals surface area contributed by atoms with Crippen molar-refractivity contribution in [3.63, 3.8) is 0 Å². The molecule has 1 aliphatic carbocycles. The van der Waals surface area contributed by atoms with E-state index in [1.807, 2.05) is 4.90 Å². The van der Waals surface area contributed by atoms with Crippen molar-refractivity contribution in [1.29, 1.82) is 0 Å². The van der Waals surface area contributed by atoms with Crippen LogP contribution in [0.5, 0.6) is 0 Å². The van der Waals surface area contributed by atoms with Gasteiger partial charge in [-0.2, -0.15) is 0 Å². The van der Waals surface area contributed by atoms with Gasteiger partial charge in [0.15, 0.2) is 0 Å². The van der Waals surface area contributed by atoms with E-state index in [1.165, 1.54) is 12.8 Å². The largest absolute Gasteiger partial charge is 0.383 e. The molecule has 1 amide bonds. The lowest BCUT2D eigenvalue weighted by atomic mass is 10.3. The van der Waals surface area contributed by atoms with E-state index in [2.05, 4.69) is 10.2 Å². The fourth-order valence-corrected chi connectivity index (χ4v) is 2.49. The first kappa shape index (κ1) is 14.8. The summed E-state index contributed by atoms with van der Waals surface area (Å²) < 4.78 is 5.11. The van der Waals surface area contributed by atoms with Gasteiger partial charge in [0.25, 0.3) is 0 Å². The molecule has 2 fully saturated rings. The molecule has 2 rings (SSSR count). The van der Waals surface area contributed by atoms with Crippen LogP contribution in [-0.4, -0.2) is 74.7 Å². The Labute approximate surface area is 116 Å². The van der Waals surface area contributed by atoms with Crippen molar-refractivity contribution < 1.29 is 9.53 Å². The molecule has 19 heavy (non-hydrogen) atoms. The van der Waals surface area contributed by atoms with Crippen molar-refractivity contribution in [1.82, 2.24) is 15.1 Å². The highest BCUT2D eigenvalue weighted by atomic mass is 16.5. The summed E-state index contributed by atoms with van der Waals surface area (Å²) in [4.78, 5) is 16.5. The van der Waals surface area contributed by atoms with Gasteiger partial charge in [-0.05, 0) is 25.8 Å². The smallest absolute Gasteiger partial charge is 0.223 e. The van der Waals surface area contributed by atoms with Gasteiger partial charge in [0.05, 0.1) is 6.61 Å². The Morgan fingerprint density at radius 1 is 1.26 bits per heavy atom. The van der Waals surface area contributed by atoms with Crippen molar-refractivity contribution in [2.75, 3.05) is 53.0 Å². The van der Waals surface area contributed by atoms with Gasteiger partial charge in [-0.1, -0.05) is 0 Å². The average molecular weight is 269 g/mol. The van der Waals surface area contributed by atoms with E-state index in [-0.39, 0.29) is 0 Å². The minimum Gasteiger partial charge on any atom is -0.383 e. The van der Waals surface area contributed by atoms with Gasteiger partial charge >= 0.3 is 0 Å². The van der Waals surface area contributed by atoms with Gasteiger partial charge in [-0.25, -0.2) is 0 Å². The zero-order chi connectivity index (χ0) is 13.5. The highest BCUT2D eigenvalue weighted by molar-refractivity contribution is 5.76. The van der Waals surface area contributed by atoms with Crippen molar-refractivity contribution in [3.8, 4) is 0 Å². The maximum atomic E-state index is 12.1. The summed E-state index contributed by atoms with van der Waals surface area (Å²) in [7, 11) is 1.74. The number of nitrogens with zero attached hydrogens (tertiary/aromatic N) is 2. The maximum absolute atomic E-state index is 12.1. The van der Waals surface area contributed by atoms with Crippen LogP contribution in [0, 0.1) is 0 Å². The van der Waals surface area contributed by atoms with E-state index in [0.29, 0.717) is 18.4 Å². The molecule has 1 heterocycles. The fourth-order valence-electron chi connectivity index (χ4n) is 2.49. The number of hydrogen-bond donors (Lipinski definition) is 1. The highest BCUT2D eigenvalue weighted by Crippen LogP contribution is 2.18. The van der Waals surface area contributed by atoms with E-state index < -0.39 is 0 Å². The van der Waals surface area contributed by atoms with Crippen molar-refractivity contribution in [3.05, 3.63) is 0 Å². The maximum Gasteiger partial charge on any atom is 0.223 e. The Hall–Kier alpha value is -0.650. The van der Waals surface area contributed by atoms with Crippen LogP contribution in [-0.2, 0) is 9.53 Å². The second-order valence-corrected chi connectivity index (χ2v) is 5.55. The Balaban J connectivity index is 1.63. The SMILES string of the molecule is COCCN1CCCN(C(=O)CCNC2CC2)CC1. The number of ether oxygens (including phenoxy) is 1. The molecule has 1 N–H and O–H groups in total. The third kappa shape index (κ3) is 5.47. The molecule has 0 aromatic rings. The summed E-state index contributed by atoms with van der Waals surface area (Å²) in [5.74, 6) is 0.307. The Morgan fingerprint density at radius 3 is 2.84 bits per heavy atom. The number of methoxy groups -OCH3 is 1. The monoisotopic (exact) mass is 269 g/mol. The molecular formula is C14H27N3O2. The number of carbonyl (C=O) groups is 1. The van der Waals surface area contributed by atoms with Crippen LogP contribution in [0.3, 0.4) is 0 Å². The Bertz CT molecular complexity index is 282. The number of amides is 1. The molecule has 0 spiro atoms. The molecular weight excluding hydrogens is 242 g/mol. The molecule has 1 aliphatic heterocycles. The summed E-state index contributed by atoms with van der Waals surface area (Å²) in [5, 5.41) is 3.40. The van der Waals surface area contributed by atoms with Gasteiger partial charge in [-0.15, -0.1) is 0 Å². The molecule has 110 valence electrons. The third-order valence-corrected chi connectivity index (χ3v) is 3.90. The first-order chi connectivity index (χ1) is 9.29. The normalized spacial score (nSPS) is 21.4. The van der Waals surface area contributed by atoms with E-state index in [9.17, 15) is 4.79 Å². The molecule has 0 atom stereocenters. The molecule has 1 saturated carbocycles. The van der Waals surface area contributed by atoms with Crippen molar-refractivity contribution >= 4 is 5.91 Å². The molecule has 0 unspecified atom stereocenters. The van der Waals surface area contributed by atoms with Gasteiger partial charge in [0, 0.05) is 52.3 Å². The predicted molar refractivity (Wildman–Crippen MR) is 75.2 cm³/mol. The lowest BCUT2D eigenvalue weighted by Crippen LogP contribution is -2.37. The molecule has 0 aromatic carbocycles. The first-order valence-corrected chi connectivity index (χ1v) is 7.52. The zero-order valence-electron chi connectivity index (χ0n) is 12.1. The van der Waals surface area contributed by atoms with Gasteiger partial charge in [-0.3, -0.25) is 9.69 Å². The van der Waals surface area contributed by atoms with Gasteiger partial charge in [0.2, 0.25) is 5.91 Å². The van der Waals surface area contributed by atoms with E-state index >= 15 is 0 Å². The number of carbonyl (C=O) groups excluding carboxylic acids is 1. The standard InChI is InChI=1S/C14H27N3O2/c1-19-12-11-16-7-2-8-17(10-9-16)14(18)5-6-15-13-3-4-13/h13,15H,2-12H2,1H3. The fraction of sp³-hybridized carbons (Fsp3) is 0.929. The molecule has 2 aliphatic rings. The van der Waals surface area contributed by atoms with Crippen LogP contribution < -0.4 is 5.32 Å². The minimum absolute atomic E-state index is 0.307. The van der Waals surface area contributed by atoms with Crippen LogP contribution in [0.15, 0.2) is 0 Å². The quantitative estimate of drug-likeness (QED) is 0.722. The van der Waals surface area contributed by atoms with Crippen LogP contribution in [0.4, 0.5) is 0 Å². The first-order valence-electron chi connectivity index (χ1n) is 7.52. The topological polar surface area (TPSA) is 44.8 Å². The molecule has 1 saturated heterocycles. The number of nitrogens with one attached hydrogen (secondary N) is 1. The van der Waals surface area contributed by atoms with Gasteiger partial charge in [0.1, 0.15) is 0 Å². The van der Waals surface area contributed by atoms with Crippen LogP contribution >= 0.6 is 0 Å².